The Balaban J connectivity index is 3.13. The van der Waals surface area contributed by atoms with Crippen LogP contribution in [-0.2, 0) is 0 Å². The zero-order valence-corrected chi connectivity index (χ0v) is 11.2. The van der Waals surface area contributed by atoms with Gasteiger partial charge in [0.25, 0.3) is 0 Å². The molecule has 1 unspecified atom stereocenters. The quantitative estimate of drug-likeness (QED) is 0.642. The van der Waals surface area contributed by atoms with Crippen molar-refractivity contribution in [2.24, 2.45) is 0 Å². The Morgan fingerprint density at radius 2 is 2.18 bits per heavy atom. The number of pyridine rings is 1. The number of aliphatic hydroxyl groups excluding tert-OH is 1. The third-order valence-electron chi connectivity index (χ3n) is 2.75. The Kier molecular flexibility index (Phi) is 4.11. The fourth-order valence-corrected chi connectivity index (χ4v) is 1.42. The summed E-state index contributed by atoms with van der Waals surface area (Å²) in [4.78, 5) is 15.3. The highest BCUT2D eigenvalue weighted by molar-refractivity contribution is 6.29. The summed E-state index contributed by atoms with van der Waals surface area (Å²) in [6.07, 6.45) is 0.861. The number of hydrogen-bond acceptors (Lipinski definition) is 4. The van der Waals surface area contributed by atoms with E-state index < -0.39 is 11.6 Å². The second-order valence-corrected chi connectivity index (χ2v) is 5.02. The van der Waals surface area contributed by atoms with E-state index in [4.69, 9.17) is 11.6 Å². The maximum absolute atomic E-state index is 11.4. The van der Waals surface area contributed by atoms with Crippen molar-refractivity contribution in [1.29, 1.82) is 0 Å². The van der Waals surface area contributed by atoms with Crippen molar-refractivity contribution >= 4 is 23.1 Å². The van der Waals surface area contributed by atoms with Crippen molar-refractivity contribution in [1.82, 2.24) is 4.98 Å². The molecular formula is C12H17ClN2O2. The van der Waals surface area contributed by atoms with Gasteiger partial charge in [-0.25, -0.2) is 4.98 Å². The number of carbonyl (C=O) groups excluding carboxylic acids is 1. The van der Waals surface area contributed by atoms with Gasteiger partial charge in [-0.1, -0.05) is 11.6 Å². The van der Waals surface area contributed by atoms with Gasteiger partial charge in [-0.05, 0) is 33.8 Å². The summed E-state index contributed by atoms with van der Waals surface area (Å²) in [6.45, 7) is 6.83. The first-order valence-electron chi connectivity index (χ1n) is 5.37. The molecule has 0 radical (unpaired) electrons. The first-order valence-corrected chi connectivity index (χ1v) is 5.74. The second-order valence-electron chi connectivity index (χ2n) is 4.63. The summed E-state index contributed by atoms with van der Waals surface area (Å²) in [5.74, 6) is -0.0990. The van der Waals surface area contributed by atoms with E-state index in [9.17, 15) is 9.90 Å². The van der Waals surface area contributed by atoms with Gasteiger partial charge in [-0.2, -0.15) is 0 Å². The Hall–Kier alpha value is -1.13. The normalized spacial score (nSPS) is 13.3. The highest BCUT2D eigenvalue weighted by atomic mass is 35.5. The Labute approximate surface area is 106 Å². The SMILES string of the molecule is CC(=O)c1cnc(Cl)cc1NC(C)(C)C(C)O. The molecule has 1 aromatic heterocycles. The van der Waals surface area contributed by atoms with Crippen molar-refractivity contribution in [3.8, 4) is 0 Å². The van der Waals surface area contributed by atoms with Crippen LogP contribution in [0.5, 0.6) is 0 Å². The molecule has 0 amide bonds. The van der Waals surface area contributed by atoms with Gasteiger partial charge in [0, 0.05) is 6.20 Å². The zero-order chi connectivity index (χ0) is 13.2. The Morgan fingerprint density at radius 1 is 1.59 bits per heavy atom. The van der Waals surface area contributed by atoms with Crippen molar-refractivity contribution < 1.29 is 9.90 Å². The van der Waals surface area contributed by atoms with Crippen molar-refractivity contribution in [2.75, 3.05) is 5.32 Å². The largest absolute Gasteiger partial charge is 0.391 e. The lowest BCUT2D eigenvalue weighted by atomic mass is 9.97. The van der Waals surface area contributed by atoms with Crippen LogP contribution >= 0.6 is 11.6 Å². The predicted octanol–water partition coefficient (Wildman–Crippen LogP) is 2.51. The van der Waals surface area contributed by atoms with Gasteiger partial charge < -0.3 is 10.4 Å². The molecule has 2 N–H and O–H groups in total. The van der Waals surface area contributed by atoms with Crippen LogP contribution in [0.15, 0.2) is 12.3 Å². The Morgan fingerprint density at radius 3 is 2.65 bits per heavy atom. The van der Waals surface area contributed by atoms with E-state index in [0.29, 0.717) is 16.4 Å². The summed E-state index contributed by atoms with van der Waals surface area (Å²) >= 11 is 5.81. The van der Waals surface area contributed by atoms with E-state index in [2.05, 4.69) is 10.3 Å². The molecule has 1 atom stereocenters. The summed E-state index contributed by atoms with van der Waals surface area (Å²) in [7, 11) is 0. The monoisotopic (exact) mass is 256 g/mol. The number of anilines is 1. The van der Waals surface area contributed by atoms with E-state index in [-0.39, 0.29) is 5.78 Å². The molecule has 94 valence electrons. The molecule has 1 rings (SSSR count). The van der Waals surface area contributed by atoms with E-state index in [1.54, 1.807) is 13.0 Å². The number of halogens is 1. The first-order chi connectivity index (χ1) is 7.74. The number of aromatic nitrogens is 1. The van der Waals surface area contributed by atoms with Crippen LogP contribution in [0.25, 0.3) is 0 Å². The molecule has 0 spiro atoms. The highest BCUT2D eigenvalue weighted by Gasteiger charge is 2.25. The minimum atomic E-state index is -0.575. The van der Waals surface area contributed by atoms with Gasteiger partial charge in [-0.3, -0.25) is 4.79 Å². The smallest absolute Gasteiger partial charge is 0.163 e. The van der Waals surface area contributed by atoms with Gasteiger partial charge >= 0.3 is 0 Å². The van der Waals surface area contributed by atoms with Crippen LogP contribution in [0.4, 0.5) is 5.69 Å². The lowest BCUT2D eigenvalue weighted by Gasteiger charge is -2.31. The minimum absolute atomic E-state index is 0.0990. The maximum atomic E-state index is 11.4. The molecule has 4 nitrogen and oxygen atoms in total. The molecule has 0 saturated carbocycles. The number of carbonyl (C=O) groups is 1. The number of Topliss-reactive ketones (excluding diaryl/α,β-unsaturated/α-hetero) is 1. The van der Waals surface area contributed by atoms with Crippen LogP contribution in [0.2, 0.25) is 5.15 Å². The molecule has 1 aromatic rings. The van der Waals surface area contributed by atoms with Crippen LogP contribution in [-0.4, -0.2) is 27.5 Å². The third kappa shape index (κ3) is 3.41. The van der Waals surface area contributed by atoms with Crippen molar-refractivity contribution in [2.45, 2.75) is 39.3 Å². The molecule has 0 saturated heterocycles. The highest BCUT2D eigenvalue weighted by Crippen LogP contribution is 2.24. The van der Waals surface area contributed by atoms with Crippen LogP contribution in [0, 0.1) is 0 Å². The average Bonchev–Trinajstić information content (AvgIpc) is 2.15. The van der Waals surface area contributed by atoms with Gasteiger partial charge in [0.05, 0.1) is 22.9 Å². The van der Waals surface area contributed by atoms with Gasteiger partial charge in [0.1, 0.15) is 5.15 Å². The Bertz CT molecular complexity index is 431. The second kappa shape index (κ2) is 5.02. The van der Waals surface area contributed by atoms with Gasteiger partial charge in [-0.15, -0.1) is 0 Å². The molecule has 5 heteroatoms. The van der Waals surface area contributed by atoms with Crippen LogP contribution in [0.3, 0.4) is 0 Å². The molecule has 0 aliphatic heterocycles. The van der Waals surface area contributed by atoms with Crippen LogP contribution in [0.1, 0.15) is 38.1 Å². The summed E-state index contributed by atoms with van der Waals surface area (Å²) in [6, 6.07) is 1.59. The first kappa shape index (κ1) is 13.9. The van der Waals surface area contributed by atoms with E-state index in [1.807, 2.05) is 13.8 Å². The standard InChI is InChI=1S/C12H17ClN2O2/c1-7(16)9-6-14-11(13)5-10(9)15-12(3,4)8(2)17/h5-6,8,17H,1-4H3,(H,14,15). The molecule has 17 heavy (non-hydrogen) atoms. The zero-order valence-electron chi connectivity index (χ0n) is 10.4. The third-order valence-corrected chi connectivity index (χ3v) is 2.96. The van der Waals surface area contributed by atoms with Crippen LogP contribution < -0.4 is 5.32 Å². The fraction of sp³-hybridized carbons (Fsp3) is 0.500. The number of ketones is 1. The average molecular weight is 257 g/mol. The van der Waals surface area contributed by atoms with Gasteiger partial charge in [0.15, 0.2) is 5.78 Å². The lowest BCUT2D eigenvalue weighted by molar-refractivity contribution is 0.101. The molecule has 1 heterocycles. The molecule has 0 aromatic carbocycles. The minimum Gasteiger partial charge on any atom is -0.391 e. The summed E-state index contributed by atoms with van der Waals surface area (Å²) in [5.41, 5.74) is 0.487. The van der Waals surface area contributed by atoms with E-state index in [0.717, 1.165) is 0 Å². The molecule has 0 aliphatic carbocycles. The number of rotatable bonds is 4. The maximum Gasteiger partial charge on any atom is 0.163 e. The topological polar surface area (TPSA) is 62.2 Å². The molecule has 0 aliphatic rings. The summed E-state index contributed by atoms with van der Waals surface area (Å²) < 4.78 is 0. The van der Waals surface area contributed by atoms with E-state index >= 15 is 0 Å². The van der Waals surface area contributed by atoms with Crippen molar-refractivity contribution in [3.05, 3.63) is 23.0 Å². The molecular weight excluding hydrogens is 240 g/mol. The number of nitrogens with zero attached hydrogens (tertiary/aromatic N) is 1. The lowest BCUT2D eigenvalue weighted by Crippen LogP contribution is -2.42. The fourth-order valence-electron chi connectivity index (χ4n) is 1.27. The predicted molar refractivity (Wildman–Crippen MR) is 68.6 cm³/mol. The summed E-state index contributed by atoms with van der Waals surface area (Å²) in [5, 5.41) is 13.1. The van der Waals surface area contributed by atoms with Crippen molar-refractivity contribution in [3.63, 3.8) is 0 Å². The molecule has 0 bridgehead atoms. The molecule has 0 fully saturated rings. The van der Waals surface area contributed by atoms with E-state index in [1.165, 1.54) is 13.1 Å². The number of hydrogen-bond donors (Lipinski definition) is 2. The number of nitrogens with one attached hydrogen (secondary N) is 1. The van der Waals surface area contributed by atoms with Gasteiger partial charge in [0.2, 0.25) is 0 Å². The number of aliphatic hydroxyl groups is 1.